The molecule has 6 heteroatoms. The van der Waals surface area contributed by atoms with E-state index in [2.05, 4.69) is 10.2 Å². The lowest BCUT2D eigenvalue weighted by Crippen LogP contribution is -2.26. The Labute approximate surface area is 105 Å². The quantitative estimate of drug-likeness (QED) is 0.764. The van der Waals surface area contributed by atoms with Gasteiger partial charge in [-0.3, -0.25) is 9.63 Å². The lowest BCUT2D eigenvalue weighted by Gasteiger charge is -2.11. The fourth-order valence-corrected chi connectivity index (χ4v) is 1.49. The number of aryl methyl sites for hydroxylation is 1. The summed E-state index contributed by atoms with van der Waals surface area (Å²) in [5, 5.41) is 9.52. The third-order valence-corrected chi connectivity index (χ3v) is 2.53. The molecule has 0 spiro atoms. The predicted molar refractivity (Wildman–Crippen MR) is 65.2 cm³/mol. The Balaban J connectivity index is 2.36. The number of carbonyl (C=O) groups excluding carboxylic acids is 1. The summed E-state index contributed by atoms with van der Waals surface area (Å²) >= 11 is 0. The van der Waals surface area contributed by atoms with E-state index in [-0.39, 0.29) is 11.6 Å². The van der Waals surface area contributed by atoms with Gasteiger partial charge in [0, 0.05) is 7.05 Å². The zero-order valence-corrected chi connectivity index (χ0v) is 10.5. The first-order valence-electron chi connectivity index (χ1n) is 5.45. The first-order chi connectivity index (χ1) is 8.63. The van der Waals surface area contributed by atoms with Crippen molar-refractivity contribution < 1.29 is 9.63 Å². The Kier molecular flexibility index (Phi) is 3.38. The topological polar surface area (TPSA) is 60.2 Å². The van der Waals surface area contributed by atoms with Crippen LogP contribution in [0.15, 0.2) is 30.3 Å². The van der Waals surface area contributed by atoms with E-state index in [0.717, 1.165) is 10.8 Å². The summed E-state index contributed by atoms with van der Waals surface area (Å²) in [7, 11) is 2.96. The average Bonchev–Trinajstić information content (AvgIpc) is 2.80. The van der Waals surface area contributed by atoms with E-state index >= 15 is 0 Å². The minimum atomic E-state index is -0.322. The number of hydrogen-bond acceptors (Lipinski definition) is 4. The normalized spacial score (nSPS) is 10.4. The molecule has 1 aromatic heterocycles. The zero-order valence-electron chi connectivity index (χ0n) is 10.5. The second-order valence-corrected chi connectivity index (χ2v) is 3.74. The summed E-state index contributed by atoms with van der Waals surface area (Å²) in [4.78, 5) is 18.2. The van der Waals surface area contributed by atoms with E-state index in [1.807, 2.05) is 30.3 Å². The Morgan fingerprint density at radius 3 is 2.56 bits per heavy atom. The molecule has 1 aromatic carbocycles. The van der Waals surface area contributed by atoms with E-state index in [4.69, 9.17) is 4.84 Å². The summed E-state index contributed by atoms with van der Waals surface area (Å²) in [5.41, 5.74) is 1.65. The smallest absolute Gasteiger partial charge is 0.274 e. The van der Waals surface area contributed by atoms with Crippen LogP contribution in [-0.2, 0) is 4.84 Å². The first kappa shape index (κ1) is 12.3. The van der Waals surface area contributed by atoms with Gasteiger partial charge >= 0.3 is 0 Å². The van der Waals surface area contributed by atoms with Crippen molar-refractivity contribution in [1.82, 2.24) is 20.1 Å². The lowest BCUT2D eigenvalue weighted by molar-refractivity contribution is -0.0761. The van der Waals surface area contributed by atoms with E-state index in [0.29, 0.717) is 5.69 Å². The van der Waals surface area contributed by atoms with Gasteiger partial charge < -0.3 is 0 Å². The molecule has 0 saturated heterocycles. The highest BCUT2D eigenvalue weighted by atomic mass is 16.7. The molecule has 18 heavy (non-hydrogen) atoms. The van der Waals surface area contributed by atoms with E-state index in [9.17, 15) is 4.79 Å². The van der Waals surface area contributed by atoms with Crippen molar-refractivity contribution in [2.45, 2.75) is 6.92 Å². The minimum Gasteiger partial charge on any atom is -0.274 e. The van der Waals surface area contributed by atoms with Gasteiger partial charge in [-0.05, 0) is 19.1 Å². The van der Waals surface area contributed by atoms with Gasteiger partial charge in [-0.1, -0.05) is 18.2 Å². The Bertz CT molecular complexity index is 550. The maximum Gasteiger partial charge on any atom is 0.299 e. The molecule has 1 amide bonds. The Morgan fingerprint density at radius 2 is 1.94 bits per heavy atom. The van der Waals surface area contributed by atoms with Crippen LogP contribution in [0.3, 0.4) is 0 Å². The van der Waals surface area contributed by atoms with Crippen molar-refractivity contribution >= 4 is 5.91 Å². The zero-order chi connectivity index (χ0) is 13.1. The second-order valence-electron chi connectivity index (χ2n) is 3.74. The summed E-state index contributed by atoms with van der Waals surface area (Å²) in [6, 6.07) is 9.42. The third-order valence-electron chi connectivity index (χ3n) is 2.53. The largest absolute Gasteiger partial charge is 0.299 e. The molecular formula is C12H14N4O2. The van der Waals surface area contributed by atoms with Crippen LogP contribution in [-0.4, -0.2) is 40.1 Å². The Hall–Kier alpha value is -2.21. The van der Waals surface area contributed by atoms with Crippen molar-refractivity contribution in [2.24, 2.45) is 0 Å². The molecular weight excluding hydrogens is 232 g/mol. The maximum atomic E-state index is 11.9. The SMILES string of the molecule is CON(C)C(=O)c1nn(-c2ccccc2)nc1C. The van der Waals surface area contributed by atoms with Crippen molar-refractivity contribution in [3.05, 3.63) is 41.7 Å². The molecule has 1 heterocycles. The van der Waals surface area contributed by atoms with E-state index in [1.165, 1.54) is 19.0 Å². The number of para-hydroxylation sites is 1. The van der Waals surface area contributed by atoms with Crippen LogP contribution in [0.2, 0.25) is 0 Å². The Morgan fingerprint density at radius 1 is 1.28 bits per heavy atom. The van der Waals surface area contributed by atoms with Crippen molar-refractivity contribution in [2.75, 3.05) is 14.2 Å². The molecule has 0 aliphatic carbocycles. The molecule has 0 N–H and O–H groups in total. The molecule has 0 aliphatic heterocycles. The molecule has 6 nitrogen and oxygen atoms in total. The van der Waals surface area contributed by atoms with Crippen LogP contribution < -0.4 is 0 Å². The molecule has 0 unspecified atom stereocenters. The molecule has 0 aliphatic rings. The molecule has 94 valence electrons. The highest BCUT2D eigenvalue weighted by Gasteiger charge is 2.19. The second kappa shape index (κ2) is 4.97. The standard InChI is InChI=1S/C12H14N4O2/c1-9-11(12(17)15(2)18-3)14-16(13-9)10-7-5-4-6-8-10/h4-8H,1-3H3. The van der Waals surface area contributed by atoms with Gasteiger partial charge in [0.05, 0.1) is 18.5 Å². The monoisotopic (exact) mass is 246 g/mol. The van der Waals surface area contributed by atoms with Gasteiger partial charge in [0.15, 0.2) is 5.69 Å². The molecule has 0 atom stereocenters. The van der Waals surface area contributed by atoms with Gasteiger partial charge in [0.25, 0.3) is 5.91 Å². The van der Waals surface area contributed by atoms with Gasteiger partial charge in [-0.25, -0.2) is 5.06 Å². The fraction of sp³-hybridized carbons (Fsp3) is 0.250. The minimum absolute atomic E-state index is 0.281. The van der Waals surface area contributed by atoms with Crippen molar-refractivity contribution in [3.63, 3.8) is 0 Å². The summed E-state index contributed by atoms with van der Waals surface area (Å²) in [5.74, 6) is -0.322. The number of rotatable bonds is 3. The molecule has 0 bridgehead atoms. The highest BCUT2D eigenvalue weighted by molar-refractivity contribution is 5.92. The van der Waals surface area contributed by atoms with E-state index < -0.39 is 0 Å². The lowest BCUT2D eigenvalue weighted by atomic mass is 10.3. The number of hydroxylamine groups is 2. The molecule has 0 radical (unpaired) electrons. The van der Waals surface area contributed by atoms with Gasteiger partial charge in [-0.2, -0.15) is 9.90 Å². The van der Waals surface area contributed by atoms with Crippen LogP contribution in [0, 0.1) is 6.92 Å². The van der Waals surface area contributed by atoms with Crippen molar-refractivity contribution in [3.8, 4) is 5.69 Å². The van der Waals surface area contributed by atoms with Crippen LogP contribution in [0.1, 0.15) is 16.2 Å². The number of amides is 1. The first-order valence-corrected chi connectivity index (χ1v) is 5.45. The van der Waals surface area contributed by atoms with Crippen LogP contribution >= 0.6 is 0 Å². The molecule has 0 saturated carbocycles. The van der Waals surface area contributed by atoms with E-state index in [1.54, 1.807) is 6.92 Å². The third kappa shape index (κ3) is 2.23. The summed E-state index contributed by atoms with van der Waals surface area (Å²) < 4.78 is 0. The van der Waals surface area contributed by atoms with Crippen molar-refractivity contribution in [1.29, 1.82) is 0 Å². The number of benzene rings is 1. The average molecular weight is 246 g/mol. The van der Waals surface area contributed by atoms with Gasteiger partial charge in [0.2, 0.25) is 0 Å². The number of carbonyl (C=O) groups is 1. The fourth-order valence-electron chi connectivity index (χ4n) is 1.49. The number of hydrogen-bond donors (Lipinski definition) is 0. The van der Waals surface area contributed by atoms with Crippen LogP contribution in [0.4, 0.5) is 0 Å². The maximum absolute atomic E-state index is 11.9. The van der Waals surface area contributed by atoms with Gasteiger partial charge in [-0.15, -0.1) is 5.10 Å². The summed E-state index contributed by atoms with van der Waals surface area (Å²) in [6.07, 6.45) is 0. The molecule has 2 rings (SSSR count). The highest BCUT2D eigenvalue weighted by Crippen LogP contribution is 2.09. The van der Waals surface area contributed by atoms with Crippen LogP contribution in [0.5, 0.6) is 0 Å². The number of aromatic nitrogens is 3. The summed E-state index contributed by atoms with van der Waals surface area (Å²) in [6.45, 7) is 1.74. The number of nitrogens with zero attached hydrogens (tertiary/aromatic N) is 4. The van der Waals surface area contributed by atoms with Crippen LogP contribution in [0.25, 0.3) is 5.69 Å². The van der Waals surface area contributed by atoms with Gasteiger partial charge in [0.1, 0.15) is 0 Å². The predicted octanol–water partition coefficient (Wildman–Crippen LogP) is 1.21. The molecule has 2 aromatic rings. The molecule has 0 fully saturated rings.